The molecular formula is C18H12BrClN2O3. The smallest absolute Gasteiger partial charge is 0.271 e. The van der Waals surface area contributed by atoms with Crippen molar-refractivity contribution in [3.05, 3.63) is 69.2 Å². The molecular weight excluding hydrogens is 408 g/mol. The molecule has 0 unspecified atom stereocenters. The molecule has 0 saturated carbocycles. The maximum absolute atomic E-state index is 12.1. The van der Waals surface area contributed by atoms with Crippen molar-refractivity contribution in [2.24, 2.45) is 5.10 Å². The lowest BCUT2D eigenvalue weighted by molar-refractivity contribution is 0.0955. The van der Waals surface area contributed by atoms with Crippen LogP contribution in [-0.4, -0.2) is 22.3 Å². The van der Waals surface area contributed by atoms with Gasteiger partial charge in [-0.3, -0.25) is 4.79 Å². The zero-order valence-corrected chi connectivity index (χ0v) is 15.0. The second-order valence-corrected chi connectivity index (χ2v) is 6.47. The largest absolute Gasteiger partial charge is 0.506 e. The van der Waals surface area contributed by atoms with Crippen LogP contribution in [0.2, 0.25) is 5.02 Å². The van der Waals surface area contributed by atoms with Gasteiger partial charge < -0.3 is 10.2 Å². The molecule has 7 heteroatoms. The zero-order chi connectivity index (χ0) is 18.0. The van der Waals surface area contributed by atoms with Gasteiger partial charge in [0.15, 0.2) is 0 Å². The molecule has 126 valence electrons. The van der Waals surface area contributed by atoms with E-state index in [1.807, 2.05) is 18.2 Å². The number of halogens is 2. The summed E-state index contributed by atoms with van der Waals surface area (Å²) in [5, 5.41) is 25.0. The number of phenolic OH excluding ortho intramolecular Hbond substituents is 2. The Balaban J connectivity index is 1.85. The SMILES string of the molecule is O=C(NN=Cc1cc(Br)c(O)c2ccccc12)c1ccc(O)c(Cl)c1. The number of carbonyl (C=O) groups excluding carboxylic acids is 1. The van der Waals surface area contributed by atoms with Crippen LogP contribution in [0.25, 0.3) is 10.8 Å². The van der Waals surface area contributed by atoms with E-state index < -0.39 is 5.91 Å². The summed E-state index contributed by atoms with van der Waals surface area (Å²) >= 11 is 9.09. The Hall–Kier alpha value is -2.57. The van der Waals surface area contributed by atoms with E-state index in [9.17, 15) is 15.0 Å². The molecule has 0 fully saturated rings. The Morgan fingerprint density at radius 3 is 2.56 bits per heavy atom. The highest BCUT2D eigenvalue weighted by Crippen LogP contribution is 2.34. The van der Waals surface area contributed by atoms with Gasteiger partial charge in [-0.2, -0.15) is 5.10 Å². The minimum absolute atomic E-state index is 0.0880. The van der Waals surface area contributed by atoms with E-state index in [-0.39, 0.29) is 22.1 Å². The minimum Gasteiger partial charge on any atom is -0.506 e. The summed E-state index contributed by atoms with van der Waals surface area (Å²) in [6.45, 7) is 0. The fourth-order valence-corrected chi connectivity index (χ4v) is 2.97. The van der Waals surface area contributed by atoms with Crippen LogP contribution in [0.4, 0.5) is 0 Å². The van der Waals surface area contributed by atoms with Gasteiger partial charge in [0.05, 0.1) is 15.7 Å². The monoisotopic (exact) mass is 418 g/mol. The number of amides is 1. The molecule has 3 rings (SSSR count). The van der Waals surface area contributed by atoms with Gasteiger partial charge in [0.2, 0.25) is 0 Å². The highest BCUT2D eigenvalue weighted by molar-refractivity contribution is 9.10. The first-order chi connectivity index (χ1) is 12.0. The lowest BCUT2D eigenvalue weighted by Crippen LogP contribution is -2.17. The molecule has 0 bridgehead atoms. The standard InChI is InChI=1S/C18H12BrClN2O3/c19-14-7-11(12-3-1-2-4-13(12)17(14)24)9-21-22-18(25)10-5-6-16(23)15(20)8-10/h1-9,23-24H,(H,22,25). The normalized spacial score (nSPS) is 11.1. The van der Waals surface area contributed by atoms with Crippen LogP contribution in [0.5, 0.6) is 11.5 Å². The van der Waals surface area contributed by atoms with Crippen molar-refractivity contribution in [3.63, 3.8) is 0 Å². The average Bonchev–Trinajstić information content (AvgIpc) is 2.61. The first kappa shape index (κ1) is 17.3. The number of nitrogens with one attached hydrogen (secondary N) is 1. The van der Waals surface area contributed by atoms with Gasteiger partial charge in [-0.15, -0.1) is 0 Å². The Morgan fingerprint density at radius 2 is 1.84 bits per heavy atom. The fourth-order valence-electron chi connectivity index (χ4n) is 2.33. The van der Waals surface area contributed by atoms with Gasteiger partial charge in [0, 0.05) is 16.5 Å². The molecule has 0 aliphatic rings. The molecule has 0 aliphatic heterocycles. The van der Waals surface area contributed by atoms with Crippen molar-refractivity contribution in [3.8, 4) is 11.5 Å². The summed E-state index contributed by atoms with van der Waals surface area (Å²) in [6.07, 6.45) is 1.49. The van der Waals surface area contributed by atoms with Crippen LogP contribution in [0.3, 0.4) is 0 Å². The highest BCUT2D eigenvalue weighted by atomic mass is 79.9. The predicted molar refractivity (Wildman–Crippen MR) is 101 cm³/mol. The van der Waals surface area contributed by atoms with Crippen molar-refractivity contribution in [2.45, 2.75) is 0 Å². The summed E-state index contributed by atoms with van der Waals surface area (Å²) in [7, 11) is 0. The molecule has 3 N–H and O–H groups in total. The lowest BCUT2D eigenvalue weighted by atomic mass is 10.0. The summed E-state index contributed by atoms with van der Waals surface area (Å²) in [5.74, 6) is -0.405. The van der Waals surface area contributed by atoms with Gasteiger partial charge in [0.25, 0.3) is 5.91 Å². The quantitative estimate of drug-likeness (QED) is 0.434. The van der Waals surface area contributed by atoms with Crippen molar-refractivity contribution in [1.29, 1.82) is 0 Å². The van der Waals surface area contributed by atoms with Gasteiger partial charge in [0.1, 0.15) is 11.5 Å². The van der Waals surface area contributed by atoms with Crippen molar-refractivity contribution in [1.82, 2.24) is 5.43 Å². The van der Waals surface area contributed by atoms with E-state index in [2.05, 4.69) is 26.5 Å². The van der Waals surface area contributed by atoms with E-state index in [0.717, 1.165) is 10.9 Å². The predicted octanol–water partition coefficient (Wildman–Crippen LogP) is 4.43. The maximum Gasteiger partial charge on any atom is 0.271 e. The van der Waals surface area contributed by atoms with Crippen LogP contribution in [0, 0.1) is 0 Å². The molecule has 0 saturated heterocycles. The number of aromatic hydroxyl groups is 2. The third-order valence-electron chi connectivity index (χ3n) is 3.58. The van der Waals surface area contributed by atoms with Crippen molar-refractivity contribution < 1.29 is 15.0 Å². The van der Waals surface area contributed by atoms with Crippen LogP contribution in [0.15, 0.2) is 58.1 Å². The molecule has 0 radical (unpaired) electrons. The van der Waals surface area contributed by atoms with Crippen LogP contribution >= 0.6 is 27.5 Å². The lowest BCUT2D eigenvalue weighted by Gasteiger charge is -2.07. The molecule has 0 heterocycles. The Labute approximate surface area is 156 Å². The number of carbonyl (C=O) groups is 1. The Bertz CT molecular complexity index is 1010. The summed E-state index contributed by atoms with van der Waals surface area (Å²) in [4.78, 5) is 12.1. The molecule has 0 aliphatic carbocycles. The average molecular weight is 420 g/mol. The molecule has 3 aromatic carbocycles. The molecule has 3 aromatic rings. The Morgan fingerprint density at radius 1 is 1.12 bits per heavy atom. The van der Waals surface area contributed by atoms with E-state index in [1.165, 1.54) is 24.4 Å². The molecule has 1 amide bonds. The van der Waals surface area contributed by atoms with Crippen LogP contribution < -0.4 is 5.43 Å². The molecule has 25 heavy (non-hydrogen) atoms. The van der Waals surface area contributed by atoms with Gasteiger partial charge in [-0.1, -0.05) is 35.9 Å². The third kappa shape index (κ3) is 3.60. The topological polar surface area (TPSA) is 81.9 Å². The van der Waals surface area contributed by atoms with Crippen molar-refractivity contribution >= 4 is 50.4 Å². The third-order valence-corrected chi connectivity index (χ3v) is 4.49. The second-order valence-electron chi connectivity index (χ2n) is 5.21. The number of rotatable bonds is 3. The molecule has 0 spiro atoms. The van der Waals surface area contributed by atoms with Gasteiger partial charge in [-0.05, 0) is 45.6 Å². The first-order valence-corrected chi connectivity index (χ1v) is 8.36. The fraction of sp³-hybridized carbons (Fsp3) is 0. The molecule has 0 atom stereocenters. The number of fused-ring (bicyclic) bond motifs is 1. The summed E-state index contributed by atoms with van der Waals surface area (Å²) in [6, 6.07) is 13.2. The molecule has 0 aromatic heterocycles. The zero-order valence-electron chi connectivity index (χ0n) is 12.7. The maximum atomic E-state index is 12.1. The van der Waals surface area contributed by atoms with Gasteiger partial charge >= 0.3 is 0 Å². The van der Waals surface area contributed by atoms with Gasteiger partial charge in [-0.25, -0.2) is 5.43 Å². The number of benzene rings is 3. The number of nitrogens with zero attached hydrogens (tertiary/aromatic N) is 1. The van der Waals surface area contributed by atoms with Crippen molar-refractivity contribution in [2.75, 3.05) is 0 Å². The number of hydrazone groups is 1. The second kappa shape index (κ2) is 7.13. The summed E-state index contributed by atoms with van der Waals surface area (Å²) in [5.41, 5.74) is 3.41. The van der Waals surface area contributed by atoms with Crippen LogP contribution in [-0.2, 0) is 0 Å². The first-order valence-electron chi connectivity index (χ1n) is 7.19. The highest BCUT2D eigenvalue weighted by Gasteiger charge is 2.09. The van der Waals surface area contributed by atoms with E-state index in [4.69, 9.17) is 11.6 Å². The van der Waals surface area contributed by atoms with Crippen LogP contribution in [0.1, 0.15) is 15.9 Å². The van der Waals surface area contributed by atoms with E-state index in [0.29, 0.717) is 9.86 Å². The summed E-state index contributed by atoms with van der Waals surface area (Å²) < 4.78 is 0.532. The molecule has 5 nitrogen and oxygen atoms in total. The van der Waals surface area contributed by atoms with E-state index >= 15 is 0 Å². The number of phenols is 2. The van der Waals surface area contributed by atoms with E-state index in [1.54, 1.807) is 12.1 Å². The number of hydrogen-bond acceptors (Lipinski definition) is 4. The minimum atomic E-state index is -0.458. The number of hydrogen-bond donors (Lipinski definition) is 3. The Kier molecular flexibility index (Phi) is 4.92.